The molecule has 0 saturated carbocycles. The lowest BCUT2D eigenvalue weighted by molar-refractivity contribution is 0.621. The Bertz CT molecular complexity index is 370. The fourth-order valence-corrected chi connectivity index (χ4v) is 2.02. The van der Waals surface area contributed by atoms with Crippen molar-refractivity contribution in [2.24, 2.45) is 0 Å². The van der Waals surface area contributed by atoms with E-state index in [1.807, 2.05) is 6.92 Å². The standard InChI is InChI=1S/C9H11BrFNOS/c1-3-14(13)12-9-5-8(11)7(10)4-6(9)2/h4-5,12H,3H2,1-2H3. The molecule has 1 atom stereocenters. The molecule has 1 unspecified atom stereocenters. The number of anilines is 1. The van der Waals surface area contributed by atoms with Crippen LogP contribution in [0.5, 0.6) is 0 Å². The largest absolute Gasteiger partial charge is 0.305 e. The molecule has 0 amide bonds. The van der Waals surface area contributed by atoms with E-state index in [1.165, 1.54) is 6.07 Å². The maximum Gasteiger partial charge on any atom is 0.139 e. The van der Waals surface area contributed by atoms with Crippen LogP contribution in [0.2, 0.25) is 0 Å². The van der Waals surface area contributed by atoms with Crippen molar-refractivity contribution in [2.45, 2.75) is 13.8 Å². The molecule has 1 aromatic rings. The third kappa shape index (κ3) is 2.78. The molecule has 1 rings (SSSR count). The van der Waals surface area contributed by atoms with Gasteiger partial charge in [0.25, 0.3) is 0 Å². The highest BCUT2D eigenvalue weighted by molar-refractivity contribution is 9.10. The summed E-state index contributed by atoms with van der Waals surface area (Å²) in [5.41, 5.74) is 1.44. The highest BCUT2D eigenvalue weighted by Crippen LogP contribution is 2.24. The number of aryl methyl sites for hydroxylation is 1. The Balaban J connectivity index is 2.98. The van der Waals surface area contributed by atoms with Gasteiger partial charge in [-0.1, -0.05) is 6.92 Å². The van der Waals surface area contributed by atoms with Gasteiger partial charge in [0.05, 0.1) is 10.2 Å². The first-order chi connectivity index (χ1) is 6.54. The molecular formula is C9H11BrFNOS. The summed E-state index contributed by atoms with van der Waals surface area (Å²) in [7, 11) is -1.14. The Morgan fingerprint density at radius 2 is 2.21 bits per heavy atom. The predicted molar refractivity (Wildman–Crippen MR) is 61.1 cm³/mol. The molecule has 0 aromatic heterocycles. The van der Waals surface area contributed by atoms with E-state index < -0.39 is 11.0 Å². The molecule has 0 saturated heterocycles. The Labute approximate surface area is 93.6 Å². The molecule has 14 heavy (non-hydrogen) atoms. The van der Waals surface area contributed by atoms with Gasteiger partial charge in [-0.05, 0) is 40.5 Å². The van der Waals surface area contributed by atoms with E-state index in [4.69, 9.17) is 0 Å². The molecule has 1 N–H and O–H groups in total. The van der Waals surface area contributed by atoms with Crippen LogP contribution in [-0.2, 0) is 11.0 Å². The van der Waals surface area contributed by atoms with Crippen LogP contribution in [0.25, 0.3) is 0 Å². The third-order valence-corrected chi connectivity index (χ3v) is 3.33. The van der Waals surface area contributed by atoms with E-state index >= 15 is 0 Å². The molecule has 0 radical (unpaired) electrons. The molecule has 0 aliphatic carbocycles. The van der Waals surface area contributed by atoms with Crippen molar-refractivity contribution in [3.05, 3.63) is 28.0 Å². The van der Waals surface area contributed by atoms with E-state index in [0.717, 1.165) is 5.56 Å². The maximum atomic E-state index is 13.1. The normalized spacial score (nSPS) is 12.6. The van der Waals surface area contributed by atoms with Crippen LogP contribution >= 0.6 is 15.9 Å². The summed E-state index contributed by atoms with van der Waals surface area (Å²) in [5.74, 6) is 0.142. The summed E-state index contributed by atoms with van der Waals surface area (Å²) >= 11 is 3.08. The Morgan fingerprint density at radius 3 is 2.79 bits per heavy atom. The van der Waals surface area contributed by atoms with Crippen molar-refractivity contribution in [1.82, 2.24) is 0 Å². The summed E-state index contributed by atoms with van der Waals surface area (Å²) < 4.78 is 27.5. The van der Waals surface area contributed by atoms with Gasteiger partial charge in [0, 0.05) is 5.75 Å². The average Bonchev–Trinajstić information content (AvgIpc) is 2.14. The van der Waals surface area contributed by atoms with E-state index in [0.29, 0.717) is 15.9 Å². The highest BCUT2D eigenvalue weighted by Gasteiger charge is 2.06. The zero-order chi connectivity index (χ0) is 10.7. The quantitative estimate of drug-likeness (QED) is 0.906. The monoisotopic (exact) mass is 279 g/mol. The average molecular weight is 280 g/mol. The highest BCUT2D eigenvalue weighted by atomic mass is 79.9. The molecule has 5 heteroatoms. The second-order valence-electron chi connectivity index (χ2n) is 2.82. The number of hydrogen-bond acceptors (Lipinski definition) is 1. The SMILES string of the molecule is CCS(=O)Nc1cc(F)c(Br)cc1C. The Hall–Kier alpha value is -0.420. The van der Waals surface area contributed by atoms with E-state index in [2.05, 4.69) is 20.7 Å². The number of halogens is 2. The van der Waals surface area contributed by atoms with Crippen LogP contribution < -0.4 is 4.72 Å². The predicted octanol–water partition coefficient (Wildman–Crippen LogP) is 2.99. The van der Waals surface area contributed by atoms with E-state index in [-0.39, 0.29) is 5.82 Å². The third-order valence-electron chi connectivity index (χ3n) is 1.75. The van der Waals surface area contributed by atoms with Gasteiger partial charge >= 0.3 is 0 Å². The Kier molecular flexibility index (Phi) is 4.07. The lowest BCUT2D eigenvalue weighted by Gasteiger charge is -2.08. The number of nitrogens with one attached hydrogen (secondary N) is 1. The zero-order valence-corrected chi connectivity index (χ0v) is 10.3. The molecule has 0 spiro atoms. The zero-order valence-electron chi connectivity index (χ0n) is 7.93. The van der Waals surface area contributed by atoms with Crippen molar-refractivity contribution in [2.75, 3.05) is 10.5 Å². The van der Waals surface area contributed by atoms with Crippen molar-refractivity contribution in [3.8, 4) is 0 Å². The second-order valence-corrected chi connectivity index (χ2v) is 5.14. The number of rotatable bonds is 3. The first-order valence-corrected chi connectivity index (χ1v) is 6.26. The molecule has 0 bridgehead atoms. The fourth-order valence-electron chi connectivity index (χ4n) is 0.951. The molecule has 78 valence electrons. The molecular weight excluding hydrogens is 269 g/mol. The first kappa shape index (κ1) is 11.7. The van der Waals surface area contributed by atoms with Crippen LogP contribution in [0.4, 0.5) is 10.1 Å². The minimum absolute atomic E-state index is 0.355. The van der Waals surface area contributed by atoms with Crippen molar-refractivity contribution in [3.63, 3.8) is 0 Å². The van der Waals surface area contributed by atoms with Gasteiger partial charge in [-0.3, -0.25) is 0 Å². The van der Waals surface area contributed by atoms with Crippen LogP contribution in [0.3, 0.4) is 0 Å². The van der Waals surface area contributed by atoms with Gasteiger partial charge in [-0.15, -0.1) is 0 Å². The van der Waals surface area contributed by atoms with Gasteiger partial charge in [-0.25, -0.2) is 8.60 Å². The Morgan fingerprint density at radius 1 is 1.57 bits per heavy atom. The van der Waals surface area contributed by atoms with Crippen molar-refractivity contribution >= 4 is 32.6 Å². The minimum atomic E-state index is -1.14. The van der Waals surface area contributed by atoms with Gasteiger partial charge in [0.1, 0.15) is 16.8 Å². The van der Waals surface area contributed by atoms with Gasteiger partial charge in [0.15, 0.2) is 0 Å². The summed E-state index contributed by atoms with van der Waals surface area (Å²) in [6.07, 6.45) is 0. The van der Waals surface area contributed by atoms with Crippen LogP contribution in [-0.4, -0.2) is 9.96 Å². The topological polar surface area (TPSA) is 29.1 Å². The molecule has 2 nitrogen and oxygen atoms in total. The molecule has 0 aliphatic heterocycles. The van der Waals surface area contributed by atoms with Crippen molar-refractivity contribution < 1.29 is 8.60 Å². The van der Waals surface area contributed by atoms with Crippen LogP contribution in [0.1, 0.15) is 12.5 Å². The summed E-state index contributed by atoms with van der Waals surface area (Å²) in [4.78, 5) is 0. The molecule has 0 fully saturated rings. The van der Waals surface area contributed by atoms with Crippen molar-refractivity contribution in [1.29, 1.82) is 0 Å². The second kappa shape index (κ2) is 4.89. The van der Waals surface area contributed by atoms with Gasteiger partial charge < -0.3 is 4.72 Å². The first-order valence-electron chi connectivity index (χ1n) is 4.15. The summed E-state index contributed by atoms with van der Waals surface area (Å²) in [6.45, 7) is 3.63. The van der Waals surface area contributed by atoms with Crippen LogP contribution in [0.15, 0.2) is 16.6 Å². The van der Waals surface area contributed by atoms with Gasteiger partial charge in [0.2, 0.25) is 0 Å². The van der Waals surface area contributed by atoms with Crippen LogP contribution in [0, 0.1) is 12.7 Å². The number of hydrogen-bond donors (Lipinski definition) is 1. The lowest BCUT2D eigenvalue weighted by atomic mass is 10.2. The van der Waals surface area contributed by atoms with E-state index in [1.54, 1.807) is 13.0 Å². The number of benzene rings is 1. The minimum Gasteiger partial charge on any atom is -0.305 e. The van der Waals surface area contributed by atoms with Gasteiger partial charge in [-0.2, -0.15) is 0 Å². The molecule has 1 aromatic carbocycles. The summed E-state index contributed by atoms with van der Waals surface area (Å²) in [6, 6.07) is 3.00. The molecule has 0 heterocycles. The fraction of sp³-hybridized carbons (Fsp3) is 0.333. The smallest absolute Gasteiger partial charge is 0.139 e. The maximum absolute atomic E-state index is 13.1. The lowest BCUT2D eigenvalue weighted by Crippen LogP contribution is -2.07. The molecule has 0 aliphatic rings. The van der Waals surface area contributed by atoms with E-state index in [9.17, 15) is 8.60 Å². The summed E-state index contributed by atoms with van der Waals surface area (Å²) in [5, 5.41) is 0.